The summed E-state index contributed by atoms with van der Waals surface area (Å²) in [4.78, 5) is 1.01. The van der Waals surface area contributed by atoms with Gasteiger partial charge in [0.1, 0.15) is 4.21 Å². The van der Waals surface area contributed by atoms with E-state index in [1.165, 1.54) is 11.3 Å². The molecular weight excluding hydrogens is 304 g/mol. The number of hydrogen-bond acceptors (Lipinski definition) is 4. The lowest BCUT2D eigenvalue weighted by molar-refractivity contribution is 0.238. The van der Waals surface area contributed by atoms with Crippen molar-refractivity contribution in [1.82, 2.24) is 10.0 Å². The van der Waals surface area contributed by atoms with E-state index in [2.05, 4.69) is 17.0 Å². The average Bonchev–Trinajstić information content (AvgIpc) is 2.76. The van der Waals surface area contributed by atoms with Crippen LogP contribution in [0.25, 0.3) is 0 Å². The molecule has 1 aliphatic heterocycles. The first-order valence-electron chi connectivity index (χ1n) is 6.18. The molecule has 2 heterocycles. The highest BCUT2D eigenvalue weighted by atomic mass is 35.5. The maximum atomic E-state index is 12.1. The van der Waals surface area contributed by atoms with Crippen LogP contribution in [0.15, 0.2) is 16.3 Å². The first-order chi connectivity index (χ1) is 8.41. The van der Waals surface area contributed by atoms with Gasteiger partial charge in [-0.05, 0) is 43.9 Å². The molecule has 1 aromatic rings. The van der Waals surface area contributed by atoms with Gasteiger partial charge in [0.25, 0.3) is 0 Å². The Labute approximate surface area is 125 Å². The minimum atomic E-state index is -3.34. The Kier molecular flexibility index (Phi) is 5.82. The fourth-order valence-corrected chi connectivity index (χ4v) is 4.69. The van der Waals surface area contributed by atoms with Crippen molar-refractivity contribution in [2.75, 3.05) is 19.6 Å². The van der Waals surface area contributed by atoms with Crippen molar-refractivity contribution in [2.24, 2.45) is 5.41 Å². The topological polar surface area (TPSA) is 58.2 Å². The number of thiophene rings is 1. The van der Waals surface area contributed by atoms with Crippen LogP contribution in [0.2, 0.25) is 0 Å². The van der Waals surface area contributed by atoms with Gasteiger partial charge in [-0.1, -0.05) is 6.92 Å². The van der Waals surface area contributed by atoms with Crippen molar-refractivity contribution in [3.8, 4) is 0 Å². The molecule has 7 heteroatoms. The van der Waals surface area contributed by atoms with E-state index in [1.807, 2.05) is 13.0 Å². The number of rotatable bonds is 4. The van der Waals surface area contributed by atoms with Crippen LogP contribution < -0.4 is 10.0 Å². The second kappa shape index (κ2) is 6.54. The Bertz CT molecular complexity index is 508. The molecule has 2 N–H and O–H groups in total. The molecule has 1 unspecified atom stereocenters. The second-order valence-corrected chi connectivity index (χ2v) is 8.56. The van der Waals surface area contributed by atoms with Crippen LogP contribution in [0.1, 0.15) is 24.6 Å². The molecule has 1 atom stereocenters. The predicted octanol–water partition coefficient (Wildman–Crippen LogP) is 2.15. The maximum absolute atomic E-state index is 12.1. The van der Waals surface area contributed by atoms with Crippen LogP contribution in [0.3, 0.4) is 0 Å². The Morgan fingerprint density at radius 3 is 2.74 bits per heavy atom. The third-order valence-electron chi connectivity index (χ3n) is 3.36. The number of sulfonamides is 1. The molecule has 0 aliphatic carbocycles. The highest BCUT2D eigenvalue weighted by Gasteiger charge is 2.29. The van der Waals surface area contributed by atoms with Crippen LogP contribution >= 0.6 is 23.7 Å². The van der Waals surface area contributed by atoms with Crippen LogP contribution in [0, 0.1) is 12.3 Å². The Hall–Kier alpha value is -0.140. The summed E-state index contributed by atoms with van der Waals surface area (Å²) in [6.45, 7) is 6.45. The summed E-state index contributed by atoms with van der Waals surface area (Å²) in [6, 6.07) is 3.51. The van der Waals surface area contributed by atoms with Crippen molar-refractivity contribution in [1.29, 1.82) is 0 Å². The zero-order valence-corrected chi connectivity index (χ0v) is 13.7. The van der Waals surface area contributed by atoms with Gasteiger partial charge >= 0.3 is 0 Å². The molecule has 4 nitrogen and oxygen atoms in total. The fraction of sp³-hybridized carbons (Fsp3) is 0.667. The fourth-order valence-electron chi connectivity index (χ4n) is 2.17. The van der Waals surface area contributed by atoms with Gasteiger partial charge in [-0.3, -0.25) is 0 Å². The molecule has 1 aliphatic rings. The van der Waals surface area contributed by atoms with Gasteiger partial charge in [-0.25, -0.2) is 13.1 Å². The van der Waals surface area contributed by atoms with E-state index in [0.717, 1.165) is 30.8 Å². The lowest BCUT2D eigenvalue weighted by Gasteiger charge is -2.34. The van der Waals surface area contributed by atoms with Gasteiger partial charge in [0.2, 0.25) is 10.0 Å². The van der Waals surface area contributed by atoms with Gasteiger partial charge in [-0.2, -0.15) is 0 Å². The highest BCUT2D eigenvalue weighted by Crippen LogP contribution is 2.26. The first kappa shape index (κ1) is 16.9. The monoisotopic (exact) mass is 324 g/mol. The van der Waals surface area contributed by atoms with Crippen LogP contribution in [-0.2, 0) is 10.0 Å². The lowest BCUT2D eigenvalue weighted by Crippen LogP contribution is -2.45. The summed E-state index contributed by atoms with van der Waals surface area (Å²) < 4.78 is 27.4. The normalized spacial score (nSPS) is 23.9. The molecule has 0 spiro atoms. The smallest absolute Gasteiger partial charge is 0.250 e. The van der Waals surface area contributed by atoms with Crippen molar-refractivity contribution in [3.63, 3.8) is 0 Å². The minimum absolute atomic E-state index is 0. The second-order valence-electron chi connectivity index (χ2n) is 5.28. The molecule has 1 fully saturated rings. The molecule has 2 rings (SSSR count). The Morgan fingerprint density at radius 2 is 2.21 bits per heavy atom. The summed E-state index contributed by atoms with van der Waals surface area (Å²) in [7, 11) is -3.34. The zero-order valence-electron chi connectivity index (χ0n) is 11.2. The third kappa shape index (κ3) is 4.43. The SMILES string of the molecule is Cc1ccc(S(=O)(=O)NCC2(C)CCCNC2)s1.Cl. The highest BCUT2D eigenvalue weighted by molar-refractivity contribution is 7.91. The van der Waals surface area contributed by atoms with Crippen LogP contribution in [0.4, 0.5) is 0 Å². The summed E-state index contributed by atoms with van der Waals surface area (Å²) in [5.74, 6) is 0. The molecule has 1 saturated heterocycles. The lowest BCUT2D eigenvalue weighted by atomic mass is 9.83. The van der Waals surface area contributed by atoms with Crippen molar-refractivity contribution >= 4 is 33.8 Å². The van der Waals surface area contributed by atoms with Crippen molar-refractivity contribution in [3.05, 3.63) is 17.0 Å². The largest absolute Gasteiger partial charge is 0.316 e. The van der Waals surface area contributed by atoms with Gasteiger partial charge in [0.15, 0.2) is 0 Å². The zero-order chi connectivity index (χ0) is 13.2. The minimum Gasteiger partial charge on any atom is -0.316 e. The Balaban J connectivity index is 0.00000180. The predicted molar refractivity (Wildman–Crippen MR) is 81.7 cm³/mol. The van der Waals surface area contributed by atoms with Crippen LogP contribution in [-0.4, -0.2) is 28.1 Å². The molecule has 1 aromatic heterocycles. The molecule has 0 saturated carbocycles. The number of aryl methyl sites for hydroxylation is 1. The molecule has 0 aromatic carbocycles. The third-order valence-corrected chi connectivity index (χ3v) is 6.25. The maximum Gasteiger partial charge on any atom is 0.250 e. The molecule has 0 amide bonds. The van der Waals surface area contributed by atoms with E-state index in [9.17, 15) is 8.42 Å². The molecule has 0 bridgehead atoms. The Morgan fingerprint density at radius 1 is 1.47 bits per heavy atom. The molecule has 110 valence electrons. The summed E-state index contributed by atoms with van der Waals surface area (Å²) in [5, 5.41) is 3.32. The number of hydrogen-bond donors (Lipinski definition) is 2. The van der Waals surface area contributed by atoms with E-state index >= 15 is 0 Å². The summed E-state index contributed by atoms with van der Waals surface area (Å²) in [6.07, 6.45) is 2.17. The van der Waals surface area contributed by atoms with Crippen LogP contribution in [0.5, 0.6) is 0 Å². The van der Waals surface area contributed by atoms with Crippen molar-refractivity contribution < 1.29 is 8.42 Å². The molecule has 19 heavy (non-hydrogen) atoms. The van der Waals surface area contributed by atoms with Gasteiger partial charge in [-0.15, -0.1) is 23.7 Å². The standard InChI is InChI=1S/C12H20N2O2S2.ClH/c1-10-4-5-11(17-10)18(15,16)14-9-12(2)6-3-7-13-8-12;/h4-5,13-14H,3,6-9H2,1-2H3;1H. The van der Waals surface area contributed by atoms with Crippen molar-refractivity contribution in [2.45, 2.75) is 30.9 Å². The first-order valence-corrected chi connectivity index (χ1v) is 8.48. The van der Waals surface area contributed by atoms with E-state index in [4.69, 9.17) is 0 Å². The van der Waals surface area contributed by atoms with E-state index in [0.29, 0.717) is 10.8 Å². The summed E-state index contributed by atoms with van der Waals surface area (Å²) >= 11 is 1.31. The molecule has 0 radical (unpaired) electrons. The molecular formula is C12H21ClN2O2S2. The van der Waals surface area contributed by atoms with E-state index in [1.54, 1.807) is 6.07 Å². The average molecular weight is 325 g/mol. The van der Waals surface area contributed by atoms with E-state index in [-0.39, 0.29) is 17.8 Å². The van der Waals surface area contributed by atoms with Gasteiger partial charge in [0.05, 0.1) is 0 Å². The quantitative estimate of drug-likeness (QED) is 0.892. The number of piperidine rings is 1. The number of halogens is 1. The summed E-state index contributed by atoms with van der Waals surface area (Å²) in [5.41, 5.74) is 0.0254. The van der Waals surface area contributed by atoms with E-state index < -0.39 is 10.0 Å². The van der Waals surface area contributed by atoms with Gasteiger partial charge in [0, 0.05) is 18.0 Å². The number of nitrogens with one attached hydrogen (secondary N) is 2. The van der Waals surface area contributed by atoms with Gasteiger partial charge < -0.3 is 5.32 Å².